The van der Waals surface area contributed by atoms with E-state index in [1.165, 1.54) is 19.3 Å². The van der Waals surface area contributed by atoms with Crippen LogP contribution in [0.5, 0.6) is 0 Å². The van der Waals surface area contributed by atoms with Crippen LogP contribution in [0.2, 0.25) is 0 Å². The summed E-state index contributed by atoms with van der Waals surface area (Å²) in [5, 5.41) is 0. The van der Waals surface area contributed by atoms with Gasteiger partial charge in [0.25, 0.3) is 0 Å². The highest BCUT2D eigenvalue weighted by atomic mass is 16.5. The molecule has 0 aliphatic heterocycles. The SMILES string of the molecule is C=CC1CC2CC(C=Nc3ccccc3C(=O)OCC)C1C2. The standard InChI is InChI=1S/C19H23NO2/c1-3-14-9-13-10-15(17(14)11-13)12-20-18-8-6-5-7-16(18)19(21)22-4-2/h3,5-8,12-15,17H,1,4,9-11H2,2H3. The Morgan fingerprint density at radius 2 is 2.09 bits per heavy atom. The Balaban J connectivity index is 1.76. The molecule has 2 aliphatic carbocycles. The molecule has 2 fully saturated rings. The molecule has 1 aromatic carbocycles. The van der Waals surface area contributed by atoms with Crippen molar-refractivity contribution in [1.82, 2.24) is 0 Å². The highest BCUT2D eigenvalue weighted by molar-refractivity contribution is 5.95. The summed E-state index contributed by atoms with van der Waals surface area (Å²) in [4.78, 5) is 16.6. The molecular weight excluding hydrogens is 274 g/mol. The van der Waals surface area contributed by atoms with Gasteiger partial charge in [-0.05, 0) is 62.0 Å². The summed E-state index contributed by atoms with van der Waals surface area (Å²) in [5.41, 5.74) is 1.25. The zero-order valence-corrected chi connectivity index (χ0v) is 13.1. The topological polar surface area (TPSA) is 38.7 Å². The Morgan fingerprint density at radius 1 is 1.32 bits per heavy atom. The molecule has 0 saturated heterocycles. The molecule has 0 spiro atoms. The number of rotatable bonds is 5. The van der Waals surface area contributed by atoms with Crippen molar-refractivity contribution in [2.75, 3.05) is 6.61 Å². The summed E-state index contributed by atoms with van der Waals surface area (Å²) in [6.07, 6.45) is 7.97. The number of nitrogens with zero attached hydrogens (tertiary/aromatic N) is 1. The zero-order chi connectivity index (χ0) is 15.5. The molecule has 4 atom stereocenters. The normalized spacial score (nSPS) is 29.9. The van der Waals surface area contributed by atoms with E-state index in [1.54, 1.807) is 6.07 Å². The monoisotopic (exact) mass is 297 g/mol. The first-order valence-electron chi connectivity index (χ1n) is 8.15. The van der Waals surface area contributed by atoms with Crippen LogP contribution >= 0.6 is 0 Å². The van der Waals surface area contributed by atoms with Crippen molar-refractivity contribution >= 4 is 17.9 Å². The molecule has 22 heavy (non-hydrogen) atoms. The van der Waals surface area contributed by atoms with Crippen molar-refractivity contribution in [3.05, 3.63) is 42.5 Å². The molecule has 4 unspecified atom stereocenters. The van der Waals surface area contributed by atoms with Gasteiger partial charge in [-0.15, -0.1) is 6.58 Å². The maximum Gasteiger partial charge on any atom is 0.340 e. The van der Waals surface area contributed by atoms with Gasteiger partial charge in [-0.1, -0.05) is 18.2 Å². The van der Waals surface area contributed by atoms with Crippen molar-refractivity contribution in [2.24, 2.45) is 28.7 Å². The number of esters is 1. The molecule has 116 valence electrons. The van der Waals surface area contributed by atoms with E-state index < -0.39 is 0 Å². The third-order valence-corrected chi connectivity index (χ3v) is 5.02. The van der Waals surface area contributed by atoms with Gasteiger partial charge in [0.05, 0.1) is 17.9 Å². The first-order valence-corrected chi connectivity index (χ1v) is 8.15. The molecule has 2 aliphatic rings. The zero-order valence-electron chi connectivity index (χ0n) is 13.1. The van der Waals surface area contributed by atoms with Gasteiger partial charge in [-0.25, -0.2) is 4.79 Å². The van der Waals surface area contributed by atoms with E-state index in [0.29, 0.717) is 35.6 Å². The van der Waals surface area contributed by atoms with Crippen LogP contribution in [0.4, 0.5) is 5.69 Å². The molecule has 0 amide bonds. The van der Waals surface area contributed by atoms with Gasteiger partial charge in [-0.3, -0.25) is 4.99 Å². The molecule has 0 N–H and O–H groups in total. The van der Waals surface area contributed by atoms with Crippen LogP contribution in [-0.4, -0.2) is 18.8 Å². The van der Waals surface area contributed by atoms with Crippen molar-refractivity contribution < 1.29 is 9.53 Å². The minimum absolute atomic E-state index is 0.299. The number of fused-ring (bicyclic) bond motifs is 2. The third-order valence-electron chi connectivity index (χ3n) is 5.02. The van der Waals surface area contributed by atoms with E-state index in [0.717, 1.165) is 5.92 Å². The average molecular weight is 297 g/mol. The number of para-hydroxylation sites is 1. The van der Waals surface area contributed by atoms with Gasteiger partial charge < -0.3 is 4.74 Å². The molecule has 3 nitrogen and oxygen atoms in total. The summed E-state index contributed by atoms with van der Waals surface area (Å²) in [7, 11) is 0. The predicted octanol–water partition coefficient (Wildman–Crippen LogP) is 4.41. The second-order valence-corrected chi connectivity index (χ2v) is 6.32. The lowest BCUT2D eigenvalue weighted by Crippen LogP contribution is -2.19. The highest BCUT2D eigenvalue weighted by Crippen LogP contribution is 2.51. The quantitative estimate of drug-likeness (QED) is 0.458. The van der Waals surface area contributed by atoms with Crippen LogP contribution in [0.25, 0.3) is 0 Å². The van der Waals surface area contributed by atoms with Crippen LogP contribution in [-0.2, 0) is 4.74 Å². The number of carbonyl (C=O) groups is 1. The van der Waals surface area contributed by atoms with E-state index in [4.69, 9.17) is 4.74 Å². The summed E-state index contributed by atoms with van der Waals surface area (Å²) in [6.45, 7) is 6.16. The molecule has 0 radical (unpaired) electrons. The van der Waals surface area contributed by atoms with Crippen molar-refractivity contribution in [2.45, 2.75) is 26.2 Å². The summed E-state index contributed by atoms with van der Waals surface area (Å²) < 4.78 is 5.10. The van der Waals surface area contributed by atoms with Crippen LogP contribution in [0.15, 0.2) is 41.9 Å². The largest absolute Gasteiger partial charge is 0.462 e. The molecule has 3 rings (SSSR count). The molecule has 0 aromatic heterocycles. The van der Waals surface area contributed by atoms with Crippen molar-refractivity contribution in [3.63, 3.8) is 0 Å². The lowest BCUT2D eigenvalue weighted by atomic mass is 9.81. The fourth-order valence-electron chi connectivity index (χ4n) is 4.05. The molecule has 0 heterocycles. The maximum atomic E-state index is 12.0. The fraction of sp³-hybridized carbons (Fsp3) is 0.474. The van der Waals surface area contributed by atoms with Gasteiger partial charge in [0.15, 0.2) is 0 Å². The van der Waals surface area contributed by atoms with Gasteiger partial charge in [-0.2, -0.15) is 0 Å². The Bertz CT molecular complexity index is 593. The van der Waals surface area contributed by atoms with Gasteiger partial charge in [0.2, 0.25) is 0 Å². The molecule has 3 heteroatoms. The second-order valence-electron chi connectivity index (χ2n) is 6.32. The average Bonchev–Trinajstić information content (AvgIpc) is 3.13. The smallest absolute Gasteiger partial charge is 0.340 e. The number of hydrogen-bond acceptors (Lipinski definition) is 3. The van der Waals surface area contributed by atoms with Gasteiger partial charge >= 0.3 is 5.97 Å². The van der Waals surface area contributed by atoms with Gasteiger partial charge in [0.1, 0.15) is 0 Å². The summed E-state index contributed by atoms with van der Waals surface area (Å²) >= 11 is 0. The minimum Gasteiger partial charge on any atom is -0.462 e. The fourth-order valence-corrected chi connectivity index (χ4v) is 4.05. The lowest BCUT2D eigenvalue weighted by Gasteiger charge is -2.24. The van der Waals surface area contributed by atoms with Crippen LogP contribution in [0.3, 0.4) is 0 Å². The van der Waals surface area contributed by atoms with E-state index in [-0.39, 0.29) is 5.97 Å². The van der Waals surface area contributed by atoms with Crippen LogP contribution < -0.4 is 0 Å². The summed E-state index contributed by atoms with van der Waals surface area (Å²) in [5.74, 6) is 2.35. The Labute approximate surface area is 132 Å². The number of allylic oxidation sites excluding steroid dienone is 1. The van der Waals surface area contributed by atoms with E-state index in [2.05, 4.69) is 23.9 Å². The van der Waals surface area contributed by atoms with Crippen LogP contribution in [0.1, 0.15) is 36.5 Å². The molecule has 2 bridgehead atoms. The molecule has 1 aromatic rings. The Hall–Kier alpha value is -1.90. The van der Waals surface area contributed by atoms with Crippen LogP contribution in [0, 0.1) is 23.7 Å². The lowest BCUT2D eigenvalue weighted by molar-refractivity contribution is 0.0527. The molecule has 2 saturated carbocycles. The maximum absolute atomic E-state index is 12.0. The number of ether oxygens (including phenoxy) is 1. The Morgan fingerprint density at radius 3 is 2.82 bits per heavy atom. The van der Waals surface area contributed by atoms with E-state index in [1.807, 2.05) is 25.1 Å². The van der Waals surface area contributed by atoms with E-state index in [9.17, 15) is 4.79 Å². The second kappa shape index (κ2) is 6.47. The highest BCUT2D eigenvalue weighted by Gasteiger charge is 2.44. The van der Waals surface area contributed by atoms with E-state index >= 15 is 0 Å². The van der Waals surface area contributed by atoms with Gasteiger partial charge in [0, 0.05) is 6.21 Å². The number of carbonyl (C=O) groups excluding carboxylic acids is 1. The summed E-state index contributed by atoms with van der Waals surface area (Å²) in [6, 6.07) is 7.40. The first-order chi connectivity index (χ1) is 10.7. The number of aliphatic imine (C=N–C) groups is 1. The predicted molar refractivity (Wildman–Crippen MR) is 88.6 cm³/mol. The first kappa shape index (κ1) is 15.0. The Kier molecular flexibility index (Phi) is 4.41. The number of benzene rings is 1. The minimum atomic E-state index is -0.299. The van der Waals surface area contributed by atoms with Crippen molar-refractivity contribution in [1.29, 1.82) is 0 Å². The van der Waals surface area contributed by atoms with Crippen molar-refractivity contribution in [3.8, 4) is 0 Å². The molecular formula is C19H23NO2. The third kappa shape index (κ3) is 2.85. The number of hydrogen-bond donors (Lipinski definition) is 0.